The topological polar surface area (TPSA) is 42.0 Å². The van der Waals surface area contributed by atoms with Crippen molar-refractivity contribution in [2.75, 3.05) is 5.32 Å². The number of halogens is 1. The summed E-state index contributed by atoms with van der Waals surface area (Å²) in [5, 5.41) is 4.89. The van der Waals surface area contributed by atoms with Crippen molar-refractivity contribution in [2.45, 2.75) is 6.92 Å². The highest BCUT2D eigenvalue weighted by molar-refractivity contribution is 7.22. The van der Waals surface area contributed by atoms with Gasteiger partial charge >= 0.3 is 0 Å². The summed E-state index contributed by atoms with van der Waals surface area (Å²) in [6, 6.07) is 26.1. The maximum atomic E-state index is 13.0. The highest BCUT2D eigenvalue weighted by Gasteiger charge is 2.20. The van der Waals surface area contributed by atoms with E-state index >= 15 is 0 Å². The minimum Gasteiger partial charge on any atom is -0.297 e. The predicted molar refractivity (Wildman–Crippen MR) is 133 cm³/mol. The van der Waals surface area contributed by atoms with Crippen LogP contribution < -0.4 is 5.32 Å². The molecule has 0 bridgehead atoms. The van der Waals surface area contributed by atoms with Crippen LogP contribution in [-0.2, 0) is 0 Å². The summed E-state index contributed by atoms with van der Waals surface area (Å²) in [6.45, 7) is 2.06. The third-order valence-corrected chi connectivity index (χ3v) is 7.64. The molecule has 0 atom stereocenters. The van der Waals surface area contributed by atoms with Crippen molar-refractivity contribution in [1.29, 1.82) is 0 Å². The molecule has 3 nitrogen and oxygen atoms in total. The molecule has 0 aliphatic rings. The lowest BCUT2D eigenvalue weighted by atomic mass is 10.1. The smallest absolute Gasteiger partial charge is 0.269 e. The zero-order valence-corrected chi connectivity index (χ0v) is 18.9. The minimum absolute atomic E-state index is 0.241. The van der Waals surface area contributed by atoms with Crippen LogP contribution in [0.5, 0.6) is 0 Å². The number of rotatable bonds is 4. The SMILES string of the molecule is Cc1ccc(-c2nc(NC(=O)c3sc4ccccc4c3Cl)sc2-c2ccccc2)cc1. The van der Waals surface area contributed by atoms with Crippen LogP contribution in [0.25, 0.3) is 31.8 Å². The monoisotopic (exact) mass is 460 g/mol. The molecule has 0 aliphatic carbocycles. The van der Waals surface area contributed by atoms with E-state index in [4.69, 9.17) is 16.6 Å². The van der Waals surface area contributed by atoms with Gasteiger partial charge in [0, 0.05) is 15.6 Å². The van der Waals surface area contributed by atoms with E-state index in [1.165, 1.54) is 28.2 Å². The number of hydrogen-bond donors (Lipinski definition) is 1. The lowest BCUT2D eigenvalue weighted by Crippen LogP contribution is -2.10. The Kier molecular flexibility index (Phi) is 5.32. The molecular formula is C25H17ClN2OS2. The summed E-state index contributed by atoms with van der Waals surface area (Å²) in [4.78, 5) is 19.3. The average molecular weight is 461 g/mol. The molecule has 1 amide bonds. The van der Waals surface area contributed by atoms with Crippen LogP contribution in [0.4, 0.5) is 5.13 Å². The average Bonchev–Trinajstić information content (AvgIpc) is 3.36. The Balaban J connectivity index is 1.54. The second kappa shape index (κ2) is 8.27. The fraction of sp³-hybridized carbons (Fsp3) is 0.0400. The molecule has 1 N–H and O–H groups in total. The molecule has 0 aliphatic heterocycles. The lowest BCUT2D eigenvalue weighted by Gasteiger charge is -2.03. The second-order valence-corrected chi connectivity index (χ2v) is 9.55. The summed E-state index contributed by atoms with van der Waals surface area (Å²) in [5.41, 5.74) is 4.12. The molecule has 5 aromatic rings. The third-order valence-electron chi connectivity index (χ3n) is 4.95. The number of carbonyl (C=O) groups is 1. The largest absolute Gasteiger partial charge is 0.297 e. The van der Waals surface area contributed by atoms with Crippen LogP contribution in [0.1, 0.15) is 15.2 Å². The highest BCUT2D eigenvalue weighted by atomic mass is 35.5. The Hall–Kier alpha value is -2.99. The van der Waals surface area contributed by atoms with E-state index in [2.05, 4.69) is 48.6 Å². The number of amides is 1. The first-order valence-corrected chi connectivity index (χ1v) is 11.7. The van der Waals surface area contributed by atoms with Crippen molar-refractivity contribution in [1.82, 2.24) is 4.98 Å². The Bertz CT molecular complexity index is 1390. The van der Waals surface area contributed by atoms with Crippen molar-refractivity contribution in [3.05, 3.63) is 94.3 Å². The molecule has 31 heavy (non-hydrogen) atoms. The number of thiazole rings is 1. The first-order chi connectivity index (χ1) is 15.1. The molecule has 0 spiro atoms. The highest BCUT2D eigenvalue weighted by Crippen LogP contribution is 2.40. The lowest BCUT2D eigenvalue weighted by molar-refractivity contribution is 0.103. The zero-order chi connectivity index (χ0) is 21.4. The maximum Gasteiger partial charge on any atom is 0.269 e. The maximum absolute atomic E-state index is 13.0. The fourth-order valence-corrected chi connectivity index (χ4v) is 5.78. The van der Waals surface area contributed by atoms with Gasteiger partial charge in [0.2, 0.25) is 0 Å². The number of aromatic nitrogens is 1. The summed E-state index contributed by atoms with van der Waals surface area (Å²) in [5.74, 6) is -0.241. The first-order valence-electron chi connectivity index (χ1n) is 9.72. The number of aryl methyl sites for hydroxylation is 1. The summed E-state index contributed by atoms with van der Waals surface area (Å²) >= 11 is 9.35. The molecule has 0 saturated carbocycles. The van der Waals surface area contributed by atoms with Crippen molar-refractivity contribution in [3.8, 4) is 21.7 Å². The van der Waals surface area contributed by atoms with Crippen molar-refractivity contribution >= 4 is 55.4 Å². The normalized spacial score (nSPS) is 11.0. The number of nitrogens with zero attached hydrogens (tertiary/aromatic N) is 1. The molecular weight excluding hydrogens is 444 g/mol. The van der Waals surface area contributed by atoms with E-state index in [1.807, 2.05) is 42.5 Å². The van der Waals surface area contributed by atoms with Crippen LogP contribution in [0.2, 0.25) is 5.02 Å². The Morgan fingerprint density at radius 3 is 2.32 bits per heavy atom. The van der Waals surface area contributed by atoms with Gasteiger partial charge in [0.05, 0.1) is 15.6 Å². The molecule has 5 rings (SSSR count). The summed E-state index contributed by atoms with van der Waals surface area (Å²) < 4.78 is 0.988. The van der Waals surface area contributed by atoms with E-state index in [0.717, 1.165) is 31.8 Å². The van der Waals surface area contributed by atoms with Crippen molar-refractivity contribution in [3.63, 3.8) is 0 Å². The van der Waals surface area contributed by atoms with Gasteiger partial charge in [-0.25, -0.2) is 4.98 Å². The number of carbonyl (C=O) groups excluding carboxylic acids is 1. The van der Waals surface area contributed by atoms with Crippen molar-refractivity contribution in [2.24, 2.45) is 0 Å². The van der Waals surface area contributed by atoms with Gasteiger partial charge in [0.1, 0.15) is 4.88 Å². The minimum atomic E-state index is -0.241. The molecule has 0 unspecified atom stereocenters. The van der Waals surface area contributed by atoms with Crippen LogP contribution in [0, 0.1) is 6.92 Å². The quantitative estimate of drug-likeness (QED) is 0.296. The van der Waals surface area contributed by atoms with E-state index in [1.54, 1.807) is 0 Å². The Morgan fingerprint density at radius 2 is 1.58 bits per heavy atom. The van der Waals surface area contributed by atoms with Crippen LogP contribution in [0.3, 0.4) is 0 Å². The van der Waals surface area contributed by atoms with Crippen LogP contribution >= 0.6 is 34.3 Å². The number of anilines is 1. The van der Waals surface area contributed by atoms with Crippen molar-refractivity contribution < 1.29 is 4.79 Å². The van der Waals surface area contributed by atoms with Gasteiger partial charge in [0.15, 0.2) is 5.13 Å². The number of thiophene rings is 1. The molecule has 0 fully saturated rings. The second-order valence-electron chi connectivity index (χ2n) is 7.12. The van der Waals surface area contributed by atoms with E-state index in [9.17, 15) is 4.79 Å². The Labute approximate surface area is 193 Å². The molecule has 2 heterocycles. The number of benzene rings is 3. The first kappa shape index (κ1) is 19.9. The molecule has 6 heteroatoms. The third kappa shape index (κ3) is 3.88. The van der Waals surface area contributed by atoms with Gasteiger partial charge in [-0.05, 0) is 18.6 Å². The number of fused-ring (bicyclic) bond motifs is 1. The summed E-state index contributed by atoms with van der Waals surface area (Å²) in [6.07, 6.45) is 0. The van der Waals surface area contributed by atoms with Gasteiger partial charge in [-0.15, -0.1) is 11.3 Å². The Morgan fingerprint density at radius 1 is 0.871 bits per heavy atom. The van der Waals surface area contributed by atoms with Crippen LogP contribution in [0.15, 0.2) is 78.9 Å². The van der Waals surface area contributed by atoms with Crippen LogP contribution in [-0.4, -0.2) is 10.9 Å². The number of nitrogens with one attached hydrogen (secondary N) is 1. The van der Waals surface area contributed by atoms with Gasteiger partial charge in [0.25, 0.3) is 5.91 Å². The summed E-state index contributed by atoms with van der Waals surface area (Å²) in [7, 11) is 0. The van der Waals surface area contributed by atoms with Gasteiger partial charge < -0.3 is 0 Å². The molecule has 2 aromatic heterocycles. The molecule has 152 valence electrons. The number of hydrogen-bond acceptors (Lipinski definition) is 4. The van der Waals surface area contributed by atoms with Gasteiger partial charge in [-0.2, -0.15) is 0 Å². The zero-order valence-electron chi connectivity index (χ0n) is 16.6. The molecule has 0 radical (unpaired) electrons. The standard InChI is InChI=1S/C25H17ClN2OS2/c1-15-11-13-16(14-12-15)21-22(17-7-3-2-4-8-17)31-25(27-21)28-24(29)23-20(26)18-9-5-6-10-19(18)30-23/h2-14H,1H3,(H,27,28,29). The molecule has 0 saturated heterocycles. The van der Waals surface area contributed by atoms with Gasteiger partial charge in [-0.1, -0.05) is 101 Å². The fourth-order valence-electron chi connectivity index (χ4n) is 3.38. The molecule has 3 aromatic carbocycles. The van der Waals surface area contributed by atoms with E-state index < -0.39 is 0 Å². The predicted octanol–water partition coefficient (Wildman–Crippen LogP) is 7.91. The van der Waals surface area contributed by atoms with E-state index in [0.29, 0.717) is 15.0 Å². The van der Waals surface area contributed by atoms with Gasteiger partial charge in [-0.3, -0.25) is 10.1 Å². The van der Waals surface area contributed by atoms with E-state index in [-0.39, 0.29) is 5.91 Å².